The molecule has 0 aromatic heterocycles. The van der Waals surface area contributed by atoms with Crippen molar-refractivity contribution in [1.82, 2.24) is 0 Å². The van der Waals surface area contributed by atoms with Crippen molar-refractivity contribution >= 4 is 11.9 Å². The minimum Gasteiger partial charge on any atom is -0.481 e. The lowest BCUT2D eigenvalue weighted by Gasteiger charge is -2.05. The molecule has 0 radical (unpaired) electrons. The highest BCUT2D eigenvalue weighted by molar-refractivity contribution is 5.66. The molecule has 1 saturated carbocycles. The van der Waals surface area contributed by atoms with Gasteiger partial charge in [0.25, 0.3) is 0 Å². The fraction of sp³-hybridized carbons (Fsp3) is 0.833. The van der Waals surface area contributed by atoms with Crippen molar-refractivity contribution in [3.63, 3.8) is 0 Å². The van der Waals surface area contributed by atoms with Crippen LogP contribution >= 0.6 is 0 Å². The van der Waals surface area contributed by atoms with Crippen molar-refractivity contribution in [3.8, 4) is 0 Å². The maximum absolute atomic E-state index is 9.37. The number of aliphatic carboxylic acids is 2. The summed E-state index contributed by atoms with van der Waals surface area (Å²) in [4.78, 5) is 18.7. The van der Waals surface area contributed by atoms with E-state index < -0.39 is 11.9 Å². The molecular weight excluding hydrogens is 208 g/mol. The van der Waals surface area contributed by atoms with Crippen LogP contribution in [0.2, 0.25) is 0 Å². The lowest BCUT2D eigenvalue weighted by atomic mass is 10.0. The van der Waals surface area contributed by atoms with E-state index in [1.54, 1.807) is 13.8 Å². The second-order valence-electron chi connectivity index (χ2n) is 3.62. The van der Waals surface area contributed by atoms with Crippen molar-refractivity contribution in [2.45, 2.75) is 65.2 Å². The molecule has 1 aliphatic rings. The Morgan fingerprint density at radius 3 is 0.938 bits per heavy atom. The van der Waals surface area contributed by atoms with Crippen LogP contribution in [0, 0.1) is 0 Å². The number of hydrogen-bond donors (Lipinski definition) is 2. The molecule has 0 aromatic rings. The van der Waals surface area contributed by atoms with Gasteiger partial charge in [0.05, 0.1) is 0 Å². The Morgan fingerprint density at radius 2 is 0.875 bits per heavy atom. The zero-order valence-corrected chi connectivity index (χ0v) is 10.4. The van der Waals surface area contributed by atoms with E-state index in [-0.39, 0.29) is 12.8 Å². The molecule has 2 N–H and O–H groups in total. The molecule has 4 nitrogen and oxygen atoms in total. The van der Waals surface area contributed by atoms with Crippen molar-refractivity contribution in [2.24, 2.45) is 0 Å². The van der Waals surface area contributed by atoms with Crippen LogP contribution in [0.5, 0.6) is 0 Å². The Morgan fingerprint density at radius 1 is 0.750 bits per heavy atom. The summed E-state index contributed by atoms with van der Waals surface area (Å²) in [6.07, 6.45) is 9.44. The molecule has 0 unspecified atom stereocenters. The topological polar surface area (TPSA) is 74.6 Å². The molecule has 96 valence electrons. The molecule has 0 bridgehead atoms. The number of carboxylic acid groups (broad SMARTS) is 2. The first-order chi connectivity index (χ1) is 7.54. The monoisotopic (exact) mass is 232 g/mol. The van der Waals surface area contributed by atoms with Gasteiger partial charge >= 0.3 is 11.9 Å². The SMILES string of the molecule is C1CCCCC1.CCC(=O)O.CCC(=O)O. The van der Waals surface area contributed by atoms with E-state index >= 15 is 0 Å². The van der Waals surface area contributed by atoms with Crippen molar-refractivity contribution in [2.75, 3.05) is 0 Å². The van der Waals surface area contributed by atoms with Gasteiger partial charge in [-0.3, -0.25) is 9.59 Å². The average Bonchev–Trinajstić information content (AvgIpc) is 2.32. The Balaban J connectivity index is 0. The summed E-state index contributed by atoms with van der Waals surface area (Å²) in [5, 5.41) is 15.4. The van der Waals surface area contributed by atoms with E-state index in [1.807, 2.05) is 0 Å². The largest absolute Gasteiger partial charge is 0.481 e. The van der Waals surface area contributed by atoms with Gasteiger partial charge in [-0.25, -0.2) is 0 Å². The molecule has 1 fully saturated rings. The van der Waals surface area contributed by atoms with Crippen LogP contribution < -0.4 is 0 Å². The summed E-state index contributed by atoms with van der Waals surface area (Å²) < 4.78 is 0. The lowest BCUT2D eigenvalue weighted by Crippen LogP contribution is -1.86. The van der Waals surface area contributed by atoms with E-state index in [0.717, 1.165) is 0 Å². The summed E-state index contributed by atoms with van der Waals surface area (Å²) in [6.45, 7) is 3.20. The standard InChI is InChI=1S/C6H12.2C3H6O2/c1-2-4-6-5-3-1;2*1-2-3(4)5/h1-6H2;2*2H2,1H3,(H,4,5). The van der Waals surface area contributed by atoms with Crippen LogP contribution in [0.3, 0.4) is 0 Å². The van der Waals surface area contributed by atoms with Crippen LogP contribution in [0.15, 0.2) is 0 Å². The van der Waals surface area contributed by atoms with Gasteiger partial charge in [-0.05, 0) is 0 Å². The van der Waals surface area contributed by atoms with Gasteiger partial charge in [-0.15, -0.1) is 0 Å². The zero-order valence-electron chi connectivity index (χ0n) is 10.4. The van der Waals surface area contributed by atoms with Gasteiger partial charge in [0.1, 0.15) is 0 Å². The number of carboxylic acids is 2. The summed E-state index contributed by atoms with van der Waals surface area (Å²) >= 11 is 0. The van der Waals surface area contributed by atoms with Crippen LogP contribution in [0.1, 0.15) is 65.2 Å². The molecule has 0 heterocycles. The molecule has 0 aliphatic heterocycles. The Bertz CT molecular complexity index is 148. The zero-order chi connectivity index (χ0) is 12.8. The molecule has 1 rings (SSSR count). The van der Waals surface area contributed by atoms with Gasteiger partial charge in [0.15, 0.2) is 0 Å². The molecule has 0 spiro atoms. The van der Waals surface area contributed by atoms with Crippen molar-refractivity contribution in [1.29, 1.82) is 0 Å². The minimum absolute atomic E-state index is 0.222. The van der Waals surface area contributed by atoms with Crippen LogP contribution in [-0.2, 0) is 9.59 Å². The molecule has 4 heteroatoms. The first-order valence-electron chi connectivity index (χ1n) is 5.98. The third kappa shape index (κ3) is 23.1. The quantitative estimate of drug-likeness (QED) is 0.766. The van der Waals surface area contributed by atoms with E-state index in [1.165, 1.54) is 38.5 Å². The maximum atomic E-state index is 9.37. The van der Waals surface area contributed by atoms with Gasteiger partial charge in [-0.1, -0.05) is 52.4 Å². The highest BCUT2D eigenvalue weighted by Crippen LogP contribution is 2.15. The fourth-order valence-electron chi connectivity index (χ4n) is 1.06. The van der Waals surface area contributed by atoms with Crippen LogP contribution in [0.4, 0.5) is 0 Å². The van der Waals surface area contributed by atoms with Crippen LogP contribution in [0.25, 0.3) is 0 Å². The highest BCUT2D eigenvalue weighted by Gasteiger charge is 1.95. The van der Waals surface area contributed by atoms with E-state index in [9.17, 15) is 9.59 Å². The number of rotatable bonds is 2. The van der Waals surface area contributed by atoms with Gasteiger partial charge in [-0.2, -0.15) is 0 Å². The second-order valence-corrected chi connectivity index (χ2v) is 3.62. The molecule has 0 atom stereocenters. The summed E-state index contributed by atoms with van der Waals surface area (Å²) in [6, 6.07) is 0. The third-order valence-electron chi connectivity index (χ3n) is 2.10. The summed E-state index contributed by atoms with van der Waals surface area (Å²) in [5.74, 6) is -1.49. The van der Waals surface area contributed by atoms with Crippen LogP contribution in [-0.4, -0.2) is 22.2 Å². The fourth-order valence-corrected chi connectivity index (χ4v) is 1.06. The smallest absolute Gasteiger partial charge is 0.303 e. The second kappa shape index (κ2) is 13.9. The Hall–Kier alpha value is -1.06. The van der Waals surface area contributed by atoms with Crippen molar-refractivity contribution < 1.29 is 19.8 Å². The first-order valence-corrected chi connectivity index (χ1v) is 5.98. The average molecular weight is 232 g/mol. The highest BCUT2D eigenvalue weighted by atomic mass is 16.4. The predicted molar refractivity (Wildman–Crippen MR) is 63.6 cm³/mol. The van der Waals surface area contributed by atoms with E-state index in [4.69, 9.17) is 10.2 Å². The Kier molecular flexibility index (Phi) is 15.1. The molecular formula is C12H24O4. The van der Waals surface area contributed by atoms with Gasteiger partial charge in [0, 0.05) is 12.8 Å². The summed E-state index contributed by atoms with van der Waals surface area (Å²) in [7, 11) is 0. The molecule has 0 amide bonds. The molecule has 0 aromatic carbocycles. The molecule has 0 saturated heterocycles. The normalized spacial score (nSPS) is 13.6. The first kappa shape index (κ1) is 17.3. The molecule has 1 aliphatic carbocycles. The van der Waals surface area contributed by atoms with E-state index in [2.05, 4.69) is 0 Å². The van der Waals surface area contributed by atoms with Crippen molar-refractivity contribution in [3.05, 3.63) is 0 Å². The number of hydrogen-bond acceptors (Lipinski definition) is 2. The lowest BCUT2D eigenvalue weighted by molar-refractivity contribution is -0.137. The molecule has 16 heavy (non-hydrogen) atoms. The van der Waals surface area contributed by atoms with Gasteiger partial charge < -0.3 is 10.2 Å². The minimum atomic E-state index is -0.745. The van der Waals surface area contributed by atoms with E-state index in [0.29, 0.717) is 0 Å². The maximum Gasteiger partial charge on any atom is 0.303 e. The third-order valence-corrected chi connectivity index (χ3v) is 2.10. The summed E-state index contributed by atoms with van der Waals surface area (Å²) in [5.41, 5.74) is 0. The number of carbonyl (C=O) groups is 2. The van der Waals surface area contributed by atoms with Gasteiger partial charge in [0.2, 0.25) is 0 Å². The predicted octanol–water partition coefficient (Wildman–Crippen LogP) is 3.30. The Labute approximate surface area is 97.7 Å².